The average molecular weight is 516 g/mol. The lowest BCUT2D eigenvalue weighted by atomic mass is 10.1. The summed E-state index contributed by atoms with van der Waals surface area (Å²) in [5.74, 6) is 0.768. The summed E-state index contributed by atoms with van der Waals surface area (Å²) in [7, 11) is 4.00. The van der Waals surface area contributed by atoms with Crippen LogP contribution in [-0.4, -0.2) is 35.8 Å². The van der Waals surface area contributed by atoms with Gasteiger partial charge in [0.25, 0.3) is 5.91 Å². The van der Waals surface area contributed by atoms with Crippen LogP contribution in [0, 0.1) is 0 Å². The highest BCUT2D eigenvalue weighted by Crippen LogP contribution is 2.32. The van der Waals surface area contributed by atoms with Gasteiger partial charge in [0, 0.05) is 35.1 Å². The van der Waals surface area contributed by atoms with Gasteiger partial charge in [-0.15, -0.1) is 0 Å². The van der Waals surface area contributed by atoms with Crippen molar-refractivity contribution >= 4 is 52.2 Å². The maximum absolute atomic E-state index is 13.7. The topological polar surface area (TPSA) is 64.6 Å². The standard InChI is InChI=1S/C31H25N5OS/c1-35(2)23-15-13-21(14-16-23)19-28-30(37)36(29(32-28)22-9-5-3-6-10-22)31-33-26-18-17-25(20-27(26)34-31)38-24-11-7-4-8-12-24/h3-20H,1-2H3,(H,33,34)/b28-19-. The first-order valence-corrected chi connectivity index (χ1v) is 13.1. The molecule has 0 unspecified atom stereocenters. The third-order valence-electron chi connectivity index (χ3n) is 6.24. The van der Waals surface area contributed by atoms with Crippen LogP contribution in [0.2, 0.25) is 0 Å². The molecule has 0 atom stereocenters. The first-order chi connectivity index (χ1) is 18.5. The van der Waals surface area contributed by atoms with E-state index in [0.717, 1.165) is 37.6 Å². The molecule has 1 aliphatic heterocycles. The number of carbonyl (C=O) groups is 1. The molecule has 0 saturated carbocycles. The lowest BCUT2D eigenvalue weighted by molar-refractivity contribution is -0.113. The Morgan fingerprint density at radius 1 is 0.842 bits per heavy atom. The zero-order valence-electron chi connectivity index (χ0n) is 21.0. The third-order valence-corrected chi connectivity index (χ3v) is 7.23. The van der Waals surface area contributed by atoms with Crippen molar-refractivity contribution in [2.24, 2.45) is 4.99 Å². The van der Waals surface area contributed by atoms with E-state index in [2.05, 4.69) is 23.2 Å². The minimum absolute atomic E-state index is 0.224. The van der Waals surface area contributed by atoms with E-state index in [0.29, 0.717) is 17.5 Å². The normalized spacial score (nSPS) is 14.4. The molecule has 0 fully saturated rings. The minimum atomic E-state index is -0.224. The molecule has 1 amide bonds. The van der Waals surface area contributed by atoms with Crippen molar-refractivity contribution in [1.29, 1.82) is 0 Å². The van der Waals surface area contributed by atoms with Gasteiger partial charge in [-0.05, 0) is 54.1 Å². The molecule has 6 nitrogen and oxygen atoms in total. The summed E-state index contributed by atoms with van der Waals surface area (Å²) in [5.41, 5.74) is 4.85. The fourth-order valence-corrected chi connectivity index (χ4v) is 5.17. The van der Waals surface area contributed by atoms with Gasteiger partial charge in [-0.2, -0.15) is 0 Å². The highest BCUT2D eigenvalue weighted by atomic mass is 32.2. The Morgan fingerprint density at radius 2 is 1.55 bits per heavy atom. The summed E-state index contributed by atoms with van der Waals surface area (Å²) in [5, 5.41) is 0. The molecule has 0 aliphatic carbocycles. The SMILES string of the molecule is CN(C)c1ccc(/C=C2\N=C(c3ccccc3)N(c3nc4ccc(Sc5ccccc5)cc4[nH]3)C2=O)cc1. The van der Waals surface area contributed by atoms with Gasteiger partial charge in [0.2, 0.25) is 5.95 Å². The maximum atomic E-state index is 13.7. The van der Waals surface area contributed by atoms with Gasteiger partial charge in [-0.1, -0.05) is 72.4 Å². The summed E-state index contributed by atoms with van der Waals surface area (Å²) in [4.78, 5) is 32.5. The van der Waals surface area contributed by atoms with Crippen LogP contribution in [0.3, 0.4) is 0 Å². The van der Waals surface area contributed by atoms with Crippen LogP contribution in [0.1, 0.15) is 11.1 Å². The van der Waals surface area contributed by atoms with Crippen LogP contribution in [0.5, 0.6) is 0 Å². The molecule has 4 aromatic carbocycles. The second-order valence-electron chi connectivity index (χ2n) is 9.11. The van der Waals surface area contributed by atoms with Crippen molar-refractivity contribution in [2.75, 3.05) is 23.9 Å². The number of hydrogen-bond acceptors (Lipinski definition) is 5. The smallest absolute Gasteiger partial charge is 0.285 e. The Kier molecular flexibility index (Phi) is 6.27. The molecule has 0 saturated heterocycles. The Balaban J connectivity index is 1.37. The molecule has 7 heteroatoms. The summed E-state index contributed by atoms with van der Waals surface area (Å²) >= 11 is 1.68. The van der Waals surface area contributed by atoms with Crippen molar-refractivity contribution in [3.63, 3.8) is 0 Å². The molecule has 0 radical (unpaired) electrons. The molecule has 1 N–H and O–H groups in total. The zero-order chi connectivity index (χ0) is 26.1. The number of nitrogens with one attached hydrogen (secondary N) is 1. The monoisotopic (exact) mass is 515 g/mol. The number of nitrogens with zero attached hydrogens (tertiary/aromatic N) is 4. The van der Waals surface area contributed by atoms with Crippen molar-refractivity contribution < 1.29 is 4.79 Å². The van der Waals surface area contributed by atoms with E-state index < -0.39 is 0 Å². The van der Waals surface area contributed by atoms with E-state index in [1.54, 1.807) is 16.7 Å². The second kappa shape index (κ2) is 10.0. The number of amides is 1. The van der Waals surface area contributed by atoms with Crippen molar-refractivity contribution in [3.05, 3.63) is 120 Å². The lowest BCUT2D eigenvalue weighted by Crippen LogP contribution is -2.33. The molecule has 2 heterocycles. The Labute approximate surface area is 225 Å². The van der Waals surface area contributed by atoms with Gasteiger partial charge in [-0.3, -0.25) is 4.79 Å². The molecule has 0 spiro atoms. The number of aromatic amines is 1. The van der Waals surface area contributed by atoms with Gasteiger partial charge in [0.15, 0.2) is 5.84 Å². The Bertz CT molecular complexity index is 1670. The maximum Gasteiger partial charge on any atom is 0.285 e. The van der Waals surface area contributed by atoms with E-state index in [1.165, 1.54) is 0 Å². The van der Waals surface area contributed by atoms with Crippen molar-refractivity contribution in [1.82, 2.24) is 9.97 Å². The van der Waals surface area contributed by atoms with Gasteiger partial charge < -0.3 is 9.88 Å². The first-order valence-electron chi connectivity index (χ1n) is 12.3. The molecule has 5 aromatic rings. The van der Waals surface area contributed by atoms with Gasteiger partial charge >= 0.3 is 0 Å². The highest BCUT2D eigenvalue weighted by Gasteiger charge is 2.34. The molecule has 6 rings (SSSR count). The van der Waals surface area contributed by atoms with Crippen LogP contribution in [-0.2, 0) is 4.79 Å². The fraction of sp³-hybridized carbons (Fsp3) is 0.0645. The minimum Gasteiger partial charge on any atom is -0.378 e. The van der Waals surface area contributed by atoms with E-state index in [-0.39, 0.29) is 5.91 Å². The molecular formula is C31H25N5OS. The van der Waals surface area contributed by atoms with Crippen LogP contribution < -0.4 is 9.80 Å². The number of fused-ring (bicyclic) bond motifs is 1. The van der Waals surface area contributed by atoms with E-state index in [9.17, 15) is 4.79 Å². The molecule has 0 bridgehead atoms. The largest absolute Gasteiger partial charge is 0.378 e. The zero-order valence-corrected chi connectivity index (χ0v) is 21.8. The fourth-order valence-electron chi connectivity index (χ4n) is 4.29. The molecule has 1 aliphatic rings. The number of rotatable bonds is 6. The number of hydrogen-bond donors (Lipinski definition) is 1. The predicted octanol–water partition coefficient (Wildman–Crippen LogP) is 6.61. The number of imidazole rings is 1. The van der Waals surface area contributed by atoms with E-state index >= 15 is 0 Å². The van der Waals surface area contributed by atoms with Crippen LogP contribution in [0.4, 0.5) is 11.6 Å². The summed E-state index contributed by atoms with van der Waals surface area (Å²) in [6, 6.07) is 34.1. The summed E-state index contributed by atoms with van der Waals surface area (Å²) < 4.78 is 0. The second-order valence-corrected chi connectivity index (χ2v) is 10.3. The number of aromatic nitrogens is 2. The quantitative estimate of drug-likeness (QED) is 0.258. The molecule has 38 heavy (non-hydrogen) atoms. The van der Waals surface area contributed by atoms with Gasteiger partial charge in [0.05, 0.1) is 11.0 Å². The number of aliphatic imine (C=N–C) groups is 1. The molecule has 186 valence electrons. The highest BCUT2D eigenvalue weighted by molar-refractivity contribution is 7.99. The van der Waals surface area contributed by atoms with Crippen molar-refractivity contribution in [2.45, 2.75) is 9.79 Å². The Morgan fingerprint density at radius 3 is 2.26 bits per heavy atom. The van der Waals surface area contributed by atoms with Crippen molar-refractivity contribution in [3.8, 4) is 0 Å². The van der Waals surface area contributed by atoms with E-state index in [1.807, 2.05) is 110 Å². The molecule has 1 aromatic heterocycles. The summed E-state index contributed by atoms with van der Waals surface area (Å²) in [6.45, 7) is 0. The van der Waals surface area contributed by atoms with Gasteiger partial charge in [-0.25, -0.2) is 14.9 Å². The van der Waals surface area contributed by atoms with Crippen LogP contribution in [0.15, 0.2) is 124 Å². The van der Waals surface area contributed by atoms with E-state index in [4.69, 9.17) is 9.98 Å². The Hall–Kier alpha value is -4.62. The predicted molar refractivity (Wildman–Crippen MR) is 156 cm³/mol. The van der Waals surface area contributed by atoms with Crippen LogP contribution in [0.25, 0.3) is 17.1 Å². The third kappa shape index (κ3) is 4.71. The number of H-pyrrole nitrogens is 1. The lowest BCUT2D eigenvalue weighted by Gasteiger charge is -2.15. The van der Waals surface area contributed by atoms with Crippen LogP contribution >= 0.6 is 11.8 Å². The first kappa shape index (κ1) is 23.8. The number of anilines is 2. The van der Waals surface area contributed by atoms with Gasteiger partial charge in [0.1, 0.15) is 5.70 Å². The molecular weight excluding hydrogens is 490 g/mol. The number of carbonyl (C=O) groups excluding carboxylic acids is 1. The number of benzene rings is 4. The summed E-state index contributed by atoms with van der Waals surface area (Å²) in [6.07, 6.45) is 1.82. The number of amidine groups is 1. The average Bonchev–Trinajstić information content (AvgIpc) is 3.50.